The van der Waals surface area contributed by atoms with E-state index in [2.05, 4.69) is 64.1 Å². The molecule has 5 heteroatoms. The van der Waals surface area contributed by atoms with E-state index in [4.69, 9.17) is 10.5 Å². The molecule has 1 unspecified atom stereocenters. The molecule has 3 aromatic rings. The van der Waals surface area contributed by atoms with Crippen molar-refractivity contribution in [2.45, 2.75) is 37.8 Å². The first kappa shape index (κ1) is 17.2. The monoisotopic (exact) mass is 372 g/mol. The molecule has 142 valence electrons. The third-order valence-corrected chi connectivity index (χ3v) is 5.77. The van der Waals surface area contributed by atoms with Crippen LogP contribution in [0.2, 0.25) is 0 Å². The maximum absolute atomic E-state index is 6.71. The number of fused-ring (bicyclic) bond motifs is 2. The molecule has 1 aromatic heterocycles. The number of hydrogen-bond acceptors (Lipinski definition) is 5. The topological polar surface area (TPSA) is 72.2 Å². The van der Waals surface area contributed by atoms with Gasteiger partial charge in [0.2, 0.25) is 0 Å². The van der Waals surface area contributed by atoms with Gasteiger partial charge in [0.05, 0.1) is 6.61 Å². The first-order valence-corrected chi connectivity index (χ1v) is 9.76. The van der Waals surface area contributed by atoms with Gasteiger partial charge in [-0.1, -0.05) is 30.3 Å². The largest absolute Gasteiger partial charge is 0.381 e. The van der Waals surface area contributed by atoms with E-state index in [9.17, 15) is 0 Å². The van der Waals surface area contributed by atoms with Crippen molar-refractivity contribution in [1.82, 2.24) is 4.98 Å². The van der Waals surface area contributed by atoms with Gasteiger partial charge in [-0.2, -0.15) is 0 Å². The van der Waals surface area contributed by atoms with Crippen molar-refractivity contribution >= 4 is 11.4 Å². The predicted octanol–water partition coefficient (Wildman–Crippen LogP) is 3.98. The highest BCUT2D eigenvalue weighted by Gasteiger charge is 2.43. The van der Waals surface area contributed by atoms with Crippen LogP contribution in [0.25, 0.3) is 0 Å². The van der Waals surface area contributed by atoms with Crippen LogP contribution in [-0.2, 0) is 24.3 Å². The molecule has 0 radical (unpaired) electrons. The molecule has 28 heavy (non-hydrogen) atoms. The zero-order chi connectivity index (χ0) is 19.0. The summed E-state index contributed by atoms with van der Waals surface area (Å²) >= 11 is 0. The van der Waals surface area contributed by atoms with Gasteiger partial charge in [-0.05, 0) is 53.8 Å². The molecule has 0 saturated carbocycles. The molecule has 0 amide bonds. The van der Waals surface area contributed by atoms with Gasteiger partial charge < -0.3 is 15.4 Å². The predicted molar refractivity (Wildman–Crippen MR) is 111 cm³/mol. The van der Waals surface area contributed by atoms with Gasteiger partial charge in [-0.25, -0.2) is 0 Å². The lowest BCUT2D eigenvalue weighted by Crippen LogP contribution is -2.56. The number of aryl methyl sites for hydroxylation is 1. The van der Waals surface area contributed by atoms with Crippen molar-refractivity contribution in [3.05, 3.63) is 89.2 Å². The molecule has 2 aliphatic rings. The number of aromatic nitrogens is 1. The quantitative estimate of drug-likeness (QED) is 0.646. The Bertz CT molecular complexity index is 991. The minimum atomic E-state index is -0.871. The number of benzene rings is 2. The van der Waals surface area contributed by atoms with E-state index in [0.29, 0.717) is 6.61 Å². The second kappa shape index (κ2) is 6.93. The molecular formula is C23H24N4O. The normalized spacial score (nSPS) is 22.8. The van der Waals surface area contributed by atoms with Crippen molar-refractivity contribution in [2.75, 3.05) is 10.6 Å². The molecule has 2 heterocycles. The van der Waals surface area contributed by atoms with Gasteiger partial charge in [0, 0.05) is 41.8 Å². The number of rotatable bonds is 4. The second-order valence-corrected chi connectivity index (χ2v) is 7.58. The Morgan fingerprint density at radius 1 is 1.14 bits per heavy atom. The molecule has 0 saturated heterocycles. The third kappa shape index (κ3) is 3.13. The Morgan fingerprint density at radius 2 is 2.07 bits per heavy atom. The Kier molecular flexibility index (Phi) is 4.26. The third-order valence-electron chi connectivity index (χ3n) is 5.77. The molecule has 5 rings (SSSR count). The van der Waals surface area contributed by atoms with E-state index >= 15 is 0 Å². The maximum Gasteiger partial charge on any atom is 0.200 e. The molecule has 0 fully saturated rings. The zero-order valence-electron chi connectivity index (χ0n) is 15.7. The fourth-order valence-electron chi connectivity index (χ4n) is 4.29. The van der Waals surface area contributed by atoms with Gasteiger partial charge in [-0.15, -0.1) is 0 Å². The molecule has 2 aromatic carbocycles. The summed E-state index contributed by atoms with van der Waals surface area (Å²) in [4.78, 5) is 4.15. The van der Waals surface area contributed by atoms with Gasteiger partial charge >= 0.3 is 0 Å². The van der Waals surface area contributed by atoms with Crippen molar-refractivity contribution in [3.63, 3.8) is 0 Å². The van der Waals surface area contributed by atoms with Crippen LogP contribution < -0.4 is 16.4 Å². The number of nitrogens with zero attached hydrogens (tertiary/aromatic N) is 1. The minimum absolute atomic E-state index is 0.153. The van der Waals surface area contributed by atoms with Gasteiger partial charge in [0.25, 0.3) is 0 Å². The lowest BCUT2D eigenvalue weighted by molar-refractivity contribution is -0.0575. The Labute approximate surface area is 164 Å². The van der Waals surface area contributed by atoms with Crippen LogP contribution in [0.5, 0.6) is 0 Å². The summed E-state index contributed by atoms with van der Waals surface area (Å²) in [6, 6.07) is 18.8. The van der Waals surface area contributed by atoms with Crippen LogP contribution in [0.3, 0.4) is 0 Å². The fourth-order valence-corrected chi connectivity index (χ4v) is 4.29. The first-order valence-electron chi connectivity index (χ1n) is 9.76. The number of pyridine rings is 1. The molecule has 0 spiro atoms. The number of nitrogens with two attached hydrogens (primary N) is 1. The van der Waals surface area contributed by atoms with Crippen LogP contribution >= 0.6 is 0 Å². The molecule has 4 N–H and O–H groups in total. The van der Waals surface area contributed by atoms with Crippen LogP contribution in [0.15, 0.2) is 67.0 Å². The first-order chi connectivity index (χ1) is 13.7. The van der Waals surface area contributed by atoms with E-state index in [1.165, 1.54) is 11.1 Å². The molecule has 5 nitrogen and oxygen atoms in total. The van der Waals surface area contributed by atoms with Crippen LogP contribution in [0.4, 0.5) is 11.4 Å². The van der Waals surface area contributed by atoms with E-state index in [1.807, 2.05) is 12.3 Å². The molecule has 1 aliphatic carbocycles. The second-order valence-electron chi connectivity index (χ2n) is 7.58. The van der Waals surface area contributed by atoms with Crippen LogP contribution in [0.1, 0.15) is 34.6 Å². The number of anilines is 2. The summed E-state index contributed by atoms with van der Waals surface area (Å²) in [6.45, 7) is 1.24. The summed E-state index contributed by atoms with van der Waals surface area (Å²) in [5, 5.41) is 6.92. The van der Waals surface area contributed by atoms with Crippen molar-refractivity contribution in [3.8, 4) is 0 Å². The Morgan fingerprint density at radius 3 is 2.96 bits per heavy atom. The minimum Gasteiger partial charge on any atom is -0.381 e. The van der Waals surface area contributed by atoms with Gasteiger partial charge in [0.1, 0.15) is 0 Å². The summed E-state index contributed by atoms with van der Waals surface area (Å²) in [5.41, 5.74) is 13.8. The fraction of sp³-hybridized carbons (Fsp3) is 0.261. The molecule has 0 bridgehead atoms. The number of nitrogens with one attached hydrogen (secondary N) is 2. The SMILES string of the molecule is N[C@]1(C2CCc3ccccc32)Nc2ccc(NCc3cccnc3)cc2CO1. The summed E-state index contributed by atoms with van der Waals surface area (Å²) in [7, 11) is 0. The highest BCUT2D eigenvalue weighted by molar-refractivity contribution is 5.62. The molecular weight excluding hydrogens is 348 g/mol. The number of ether oxygens (including phenoxy) is 1. The standard InChI is InChI=1S/C23H24N4O/c24-23(21-9-7-17-5-1-2-6-20(17)21)27-22-10-8-19(12-18(22)15-28-23)26-14-16-4-3-11-25-13-16/h1-6,8,10-13,21,26-27H,7,9,14-15,24H2/t21?,23-/m1/s1. The van der Waals surface area contributed by atoms with Crippen molar-refractivity contribution in [1.29, 1.82) is 0 Å². The van der Waals surface area contributed by atoms with E-state index in [0.717, 1.165) is 41.9 Å². The average Bonchev–Trinajstić information content (AvgIpc) is 3.18. The van der Waals surface area contributed by atoms with E-state index < -0.39 is 5.85 Å². The van der Waals surface area contributed by atoms with Crippen molar-refractivity contribution < 1.29 is 4.74 Å². The summed E-state index contributed by atoms with van der Waals surface area (Å²) < 4.78 is 6.18. The summed E-state index contributed by atoms with van der Waals surface area (Å²) in [6.07, 6.45) is 5.71. The van der Waals surface area contributed by atoms with E-state index in [-0.39, 0.29) is 5.92 Å². The lowest BCUT2D eigenvalue weighted by Gasteiger charge is -2.41. The van der Waals surface area contributed by atoms with Gasteiger partial charge in [-0.3, -0.25) is 10.7 Å². The summed E-state index contributed by atoms with van der Waals surface area (Å²) in [5.74, 6) is -0.718. The van der Waals surface area contributed by atoms with Crippen LogP contribution in [0, 0.1) is 0 Å². The lowest BCUT2D eigenvalue weighted by atomic mass is 9.94. The molecule has 2 atom stereocenters. The smallest absolute Gasteiger partial charge is 0.200 e. The van der Waals surface area contributed by atoms with E-state index in [1.54, 1.807) is 6.20 Å². The maximum atomic E-state index is 6.71. The zero-order valence-corrected chi connectivity index (χ0v) is 15.7. The van der Waals surface area contributed by atoms with Gasteiger partial charge in [0.15, 0.2) is 5.85 Å². The highest BCUT2D eigenvalue weighted by atomic mass is 16.5. The Hall–Kier alpha value is -2.89. The van der Waals surface area contributed by atoms with Crippen molar-refractivity contribution in [2.24, 2.45) is 5.73 Å². The number of hydrogen-bond donors (Lipinski definition) is 3. The Balaban J connectivity index is 1.33. The molecule has 1 aliphatic heterocycles. The average molecular weight is 372 g/mol. The van der Waals surface area contributed by atoms with Crippen LogP contribution in [-0.4, -0.2) is 10.8 Å². The highest BCUT2D eigenvalue weighted by Crippen LogP contribution is 2.43.